The topological polar surface area (TPSA) is 73.8 Å². The summed E-state index contributed by atoms with van der Waals surface area (Å²) in [7, 11) is -1.40. The third-order valence-corrected chi connectivity index (χ3v) is 6.88. The molecule has 1 fully saturated rings. The zero-order valence-electron chi connectivity index (χ0n) is 15.8. The van der Waals surface area contributed by atoms with Crippen LogP contribution in [0.3, 0.4) is 0 Å². The molecule has 8 heteroatoms. The highest BCUT2D eigenvalue weighted by atomic mass is 127. The lowest BCUT2D eigenvalue weighted by atomic mass is 9.99. The van der Waals surface area contributed by atoms with Gasteiger partial charge in [-0.1, -0.05) is 6.92 Å². The van der Waals surface area contributed by atoms with Crippen LogP contribution in [0.4, 0.5) is 0 Å². The van der Waals surface area contributed by atoms with Crippen molar-refractivity contribution in [1.82, 2.24) is 15.5 Å². The van der Waals surface area contributed by atoms with Gasteiger partial charge in [-0.25, -0.2) is 8.42 Å². The Hall–Kier alpha value is -0.0900. The Labute approximate surface area is 165 Å². The van der Waals surface area contributed by atoms with Crippen molar-refractivity contribution in [2.24, 2.45) is 10.9 Å². The van der Waals surface area contributed by atoms with E-state index in [2.05, 4.69) is 27.4 Å². The minimum Gasteiger partial charge on any atom is -0.356 e. The molecule has 2 N–H and O–H groups in total. The summed E-state index contributed by atoms with van der Waals surface area (Å²) in [4.78, 5) is 6.67. The Morgan fingerprint density at radius 2 is 1.83 bits per heavy atom. The summed E-state index contributed by atoms with van der Waals surface area (Å²) in [5, 5.41) is 6.37. The minimum absolute atomic E-state index is 0. The van der Waals surface area contributed by atoms with Gasteiger partial charge in [0.05, 0.1) is 4.75 Å². The number of likely N-dealkylation sites (tertiary alicyclic amines) is 1. The van der Waals surface area contributed by atoms with Crippen molar-refractivity contribution in [2.75, 3.05) is 46.0 Å². The molecule has 0 aromatic carbocycles. The van der Waals surface area contributed by atoms with Crippen LogP contribution in [0.1, 0.15) is 40.0 Å². The fourth-order valence-electron chi connectivity index (χ4n) is 2.44. The number of halogens is 1. The highest BCUT2D eigenvalue weighted by Gasteiger charge is 2.30. The summed E-state index contributed by atoms with van der Waals surface area (Å²) < 4.78 is 22.6. The lowest BCUT2D eigenvalue weighted by Gasteiger charge is -2.30. The van der Waals surface area contributed by atoms with Gasteiger partial charge in [-0.2, -0.15) is 0 Å². The second-order valence-electron chi connectivity index (χ2n) is 7.26. The van der Waals surface area contributed by atoms with Crippen molar-refractivity contribution in [2.45, 2.75) is 44.8 Å². The maximum Gasteiger partial charge on any atom is 0.191 e. The quantitative estimate of drug-likeness (QED) is 0.255. The number of aliphatic imine (C=N–C) groups is 1. The highest BCUT2D eigenvalue weighted by Crippen LogP contribution is 2.15. The van der Waals surface area contributed by atoms with E-state index in [4.69, 9.17) is 0 Å². The van der Waals surface area contributed by atoms with E-state index in [9.17, 15) is 8.42 Å². The molecule has 1 aliphatic heterocycles. The van der Waals surface area contributed by atoms with Gasteiger partial charge in [0.1, 0.15) is 0 Å². The van der Waals surface area contributed by atoms with Gasteiger partial charge in [0.2, 0.25) is 0 Å². The van der Waals surface area contributed by atoms with Crippen LogP contribution in [0.2, 0.25) is 0 Å². The van der Waals surface area contributed by atoms with Crippen molar-refractivity contribution in [1.29, 1.82) is 0 Å². The second kappa shape index (κ2) is 10.8. The van der Waals surface area contributed by atoms with Crippen LogP contribution in [0.15, 0.2) is 4.99 Å². The molecular formula is C16H35IN4O2S. The smallest absolute Gasteiger partial charge is 0.191 e. The molecule has 0 unspecified atom stereocenters. The predicted molar refractivity (Wildman–Crippen MR) is 113 cm³/mol. The summed E-state index contributed by atoms with van der Waals surface area (Å²) >= 11 is 0. The van der Waals surface area contributed by atoms with Gasteiger partial charge in [0.25, 0.3) is 0 Å². The lowest BCUT2D eigenvalue weighted by molar-refractivity contribution is 0.191. The normalized spacial score (nSPS) is 18.1. The molecule has 0 atom stereocenters. The first-order valence-electron chi connectivity index (χ1n) is 8.52. The Bertz CT molecular complexity index is 486. The molecule has 0 radical (unpaired) electrons. The Morgan fingerprint density at radius 1 is 1.25 bits per heavy atom. The first kappa shape index (κ1) is 23.9. The fourth-order valence-corrected chi connectivity index (χ4v) is 2.78. The fraction of sp³-hybridized carbons (Fsp3) is 0.938. The van der Waals surface area contributed by atoms with E-state index in [1.807, 2.05) is 0 Å². The molecule has 1 heterocycles. The minimum atomic E-state index is -3.10. The van der Waals surface area contributed by atoms with E-state index in [0.29, 0.717) is 12.5 Å². The van der Waals surface area contributed by atoms with Crippen molar-refractivity contribution in [3.63, 3.8) is 0 Å². The summed E-state index contributed by atoms with van der Waals surface area (Å²) in [6.45, 7) is 10.5. The summed E-state index contributed by atoms with van der Waals surface area (Å²) in [6.07, 6.45) is 4.93. The van der Waals surface area contributed by atoms with E-state index < -0.39 is 14.6 Å². The van der Waals surface area contributed by atoms with Crippen LogP contribution in [0.5, 0.6) is 0 Å². The molecule has 0 aromatic rings. The van der Waals surface area contributed by atoms with E-state index in [1.165, 1.54) is 32.2 Å². The average Bonchev–Trinajstić information content (AvgIpc) is 2.47. The molecule has 144 valence electrons. The van der Waals surface area contributed by atoms with E-state index >= 15 is 0 Å². The van der Waals surface area contributed by atoms with Gasteiger partial charge in [-0.3, -0.25) is 4.99 Å². The number of hydrogen-bond acceptors (Lipinski definition) is 4. The van der Waals surface area contributed by atoms with E-state index in [-0.39, 0.29) is 24.0 Å². The molecule has 24 heavy (non-hydrogen) atoms. The zero-order valence-corrected chi connectivity index (χ0v) is 18.9. The molecule has 1 saturated heterocycles. The molecule has 0 aromatic heterocycles. The highest BCUT2D eigenvalue weighted by molar-refractivity contribution is 14.0. The number of rotatable bonds is 7. The number of guanidine groups is 1. The maximum atomic E-state index is 11.7. The van der Waals surface area contributed by atoms with Crippen molar-refractivity contribution < 1.29 is 8.42 Å². The summed E-state index contributed by atoms with van der Waals surface area (Å²) in [5.41, 5.74) is 0. The molecule has 1 rings (SSSR count). The predicted octanol–water partition coefficient (Wildman–Crippen LogP) is 1.71. The molecule has 0 spiro atoms. The van der Waals surface area contributed by atoms with Crippen LogP contribution in [-0.2, 0) is 9.84 Å². The Morgan fingerprint density at radius 3 is 2.33 bits per heavy atom. The average molecular weight is 474 g/mol. The Kier molecular flexibility index (Phi) is 10.8. The van der Waals surface area contributed by atoms with Gasteiger partial charge in [0, 0.05) is 26.4 Å². The number of nitrogens with one attached hydrogen (secondary N) is 2. The van der Waals surface area contributed by atoms with E-state index in [0.717, 1.165) is 25.4 Å². The van der Waals surface area contributed by atoms with Gasteiger partial charge in [0.15, 0.2) is 15.8 Å². The first-order chi connectivity index (χ1) is 10.7. The summed E-state index contributed by atoms with van der Waals surface area (Å²) in [6, 6.07) is 0. The number of sulfone groups is 1. The number of nitrogens with zero attached hydrogens (tertiary/aromatic N) is 2. The van der Waals surface area contributed by atoms with Crippen LogP contribution < -0.4 is 10.6 Å². The van der Waals surface area contributed by atoms with Crippen molar-refractivity contribution >= 4 is 39.8 Å². The number of piperidine rings is 1. The molecule has 0 saturated carbocycles. The molecular weight excluding hydrogens is 439 g/mol. The standard InChI is InChI=1S/C16H34N4O2S.HI/c1-14-7-11-20(12-8-14)10-6-9-18-15(17-4)19-13-16(2,3)23(5,21)22;/h14H,6-13H2,1-5H3,(H2,17,18,19);1H. The SMILES string of the molecule is CN=C(NCCCN1CCC(C)CC1)NCC(C)(C)S(C)(=O)=O.I. The van der Waals surface area contributed by atoms with Crippen LogP contribution >= 0.6 is 24.0 Å². The number of hydrogen-bond donors (Lipinski definition) is 2. The third-order valence-electron chi connectivity index (χ3n) is 4.73. The molecule has 0 aliphatic carbocycles. The van der Waals surface area contributed by atoms with Crippen molar-refractivity contribution in [3.8, 4) is 0 Å². The first-order valence-corrected chi connectivity index (χ1v) is 10.4. The second-order valence-corrected chi connectivity index (χ2v) is 9.91. The summed E-state index contributed by atoms with van der Waals surface area (Å²) in [5.74, 6) is 1.53. The third kappa shape index (κ3) is 8.33. The van der Waals surface area contributed by atoms with E-state index in [1.54, 1.807) is 20.9 Å². The maximum absolute atomic E-state index is 11.7. The van der Waals surface area contributed by atoms with Gasteiger partial charge in [-0.05, 0) is 58.7 Å². The molecule has 6 nitrogen and oxygen atoms in total. The Balaban J connectivity index is 0.00000529. The van der Waals surface area contributed by atoms with Crippen LogP contribution in [0, 0.1) is 5.92 Å². The zero-order chi connectivity index (χ0) is 17.5. The van der Waals surface area contributed by atoms with Gasteiger partial charge < -0.3 is 15.5 Å². The van der Waals surface area contributed by atoms with Crippen molar-refractivity contribution in [3.05, 3.63) is 0 Å². The van der Waals surface area contributed by atoms with Gasteiger partial charge in [-0.15, -0.1) is 24.0 Å². The molecule has 1 aliphatic rings. The monoisotopic (exact) mass is 474 g/mol. The largest absolute Gasteiger partial charge is 0.356 e. The molecule has 0 bridgehead atoms. The molecule has 0 amide bonds. The van der Waals surface area contributed by atoms with Gasteiger partial charge >= 0.3 is 0 Å². The van der Waals surface area contributed by atoms with Crippen LogP contribution in [0.25, 0.3) is 0 Å². The van der Waals surface area contributed by atoms with Crippen LogP contribution in [-0.4, -0.2) is 70.1 Å². The lowest BCUT2D eigenvalue weighted by Crippen LogP contribution is -2.48.